The largest absolute Gasteiger partial charge is 0.494 e. The maximum Gasteiger partial charge on any atom is 0.333 e. The molecule has 2 aromatic rings. The molecular formula is C15H13ClN2O4. The van der Waals surface area contributed by atoms with E-state index in [9.17, 15) is 19.5 Å². The van der Waals surface area contributed by atoms with E-state index >= 15 is 0 Å². The van der Waals surface area contributed by atoms with Crippen molar-refractivity contribution >= 4 is 23.5 Å². The number of hydrogen-bond acceptors (Lipinski definition) is 4. The first kappa shape index (κ1) is 15.8. The number of aromatic nitrogens is 2. The molecule has 1 N–H and O–H groups in total. The highest BCUT2D eigenvalue weighted by Gasteiger charge is 2.19. The van der Waals surface area contributed by atoms with Crippen molar-refractivity contribution in [1.29, 1.82) is 0 Å². The summed E-state index contributed by atoms with van der Waals surface area (Å²) in [6.45, 7) is 0. The fourth-order valence-electron chi connectivity index (χ4n) is 1.88. The van der Waals surface area contributed by atoms with Gasteiger partial charge in [0.25, 0.3) is 5.56 Å². The van der Waals surface area contributed by atoms with Crippen molar-refractivity contribution in [3.8, 4) is 5.88 Å². The van der Waals surface area contributed by atoms with E-state index in [1.54, 1.807) is 24.3 Å². The van der Waals surface area contributed by atoms with Gasteiger partial charge in [0.05, 0.1) is 0 Å². The van der Waals surface area contributed by atoms with E-state index in [1.165, 1.54) is 20.2 Å². The number of rotatable bonds is 3. The topological polar surface area (TPSA) is 81.3 Å². The first-order valence-corrected chi connectivity index (χ1v) is 6.67. The molecule has 0 radical (unpaired) electrons. The second-order valence-corrected chi connectivity index (χ2v) is 5.09. The van der Waals surface area contributed by atoms with Crippen LogP contribution in [-0.2, 0) is 14.1 Å². The standard InChI is InChI=1S/C15H13ClN2O4/c1-17-13(20)12(14(21)18(2)15(17)22)11(19)8-5-9-3-6-10(16)7-4-9/h3-8,20H,1-2H3/b8-5+. The number of nitrogens with zero attached hydrogens (tertiary/aromatic N) is 2. The Hall–Kier alpha value is -2.60. The van der Waals surface area contributed by atoms with E-state index in [0.717, 1.165) is 15.2 Å². The predicted molar refractivity (Wildman–Crippen MR) is 83.4 cm³/mol. The molecule has 0 aliphatic heterocycles. The Kier molecular flexibility index (Phi) is 4.32. The van der Waals surface area contributed by atoms with Crippen molar-refractivity contribution < 1.29 is 9.90 Å². The van der Waals surface area contributed by atoms with E-state index in [0.29, 0.717) is 10.6 Å². The molecule has 22 heavy (non-hydrogen) atoms. The van der Waals surface area contributed by atoms with Gasteiger partial charge in [0.2, 0.25) is 5.88 Å². The molecule has 0 amide bonds. The highest BCUT2D eigenvalue weighted by Crippen LogP contribution is 2.13. The molecule has 0 unspecified atom stereocenters. The predicted octanol–water partition coefficient (Wildman–Crippen LogP) is 1.34. The molecule has 1 heterocycles. The Morgan fingerprint density at radius 3 is 2.32 bits per heavy atom. The molecule has 1 aromatic carbocycles. The summed E-state index contributed by atoms with van der Waals surface area (Å²) in [5.41, 5.74) is -1.29. The van der Waals surface area contributed by atoms with Crippen molar-refractivity contribution in [2.75, 3.05) is 0 Å². The fraction of sp³-hybridized carbons (Fsp3) is 0.133. The van der Waals surface area contributed by atoms with Gasteiger partial charge in [-0.15, -0.1) is 0 Å². The van der Waals surface area contributed by atoms with Crippen LogP contribution in [0, 0.1) is 0 Å². The lowest BCUT2D eigenvalue weighted by Gasteiger charge is -2.07. The second-order valence-electron chi connectivity index (χ2n) is 4.65. The van der Waals surface area contributed by atoms with Gasteiger partial charge in [0.15, 0.2) is 5.78 Å². The van der Waals surface area contributed by atoms with Crippen LogP contribution in [0.5, 0.6) is 5.88 Å². The van der Waals surface area contributed by atoms with Crippen molar-refractivity contribution in [1.82, 2.24) is 9.13 Å². The number of hydrogen-bond donors (Lipinski definition) is 1. The minimum atomic E-state index is -0.841. The summed E-state index contributed by atoms with van der Waals surface area (Å²) in [5.74, 6) is -1.34. The quantitative estimate of drug-likeness (QED) is 0.683. The van der Waals surface area contributed by atoms with E-state index in [1.807, 2.05) is 0 Å². The fourth-order valence-corrected chi connectivity index (χ4v) is 2.00. The third-order valence-electron chi connectivity index (χ3n) is 3.18. The molecule has 0 atom stereocenters. The third-order valence-corrected chi connectivity index (χ3v) is 3.43. The summed E-state index contributed by atoms with van der Waals surface area (Å²) in [5, 5.41) is 10.4. The van der Waals surface area contributed by atoms with E-state index in [-0.39, 0.29) is 0 Å². The molecule has 2 rings (SSSR count). The van der Waals surface area contributed by atoms with Gasteiger partial charge < -0.3 is 5.11 Å². The Balaban J connectivity index is 2.45. The number of halogens is 1. The zero-order valence-corrected chi connectivity index (χ0v) is 12.7. The zero-order chi connectivity index (χ0) is 16.4. The monoisotopic (exact) mass is 320 g/mol. The SMILES string of the molecule is Cn1c(O)c(C(=O)/C=C/c2ccc(Cl)cc2)c(=O)n(C)c1=O. The minimum Gasteiger partial charge on any atom is -0.494 e. The van der Waals surface area contributed by atoms with Crippen molar-refractivity contribution in [2.24, 2.45) is 14.1 Å². The Morgan fingerprint density at radius 1 is 1.14 bits per heavy atom. The van der Waals surface area contributed by atoms with Gasteiger partial charge in [-0.2, -0.15) is 0 Å². The summed E-state index contributed by atoms with van der Waals surface area (Å²) in [7, 11) is 2.51. The minimum absolute atomic E-state index is 0.449. The van der Waals surface area contributed by atoms with E-state index < -0.39 is 28.5 Å². The van der Waals surface area contributed by atoms with Crippen LogP contribution in [0.3, 0.4) is 0 Å². The van der Waals surface area contributed by atoms with Gasteiger partial charge in [-0.25, -0.2) is 4.79 Å². The smallest absolute Gasteiger partial charge is 0.333 e. The van der Waals surface area contributed by atoms with Gasteiger partial charge in [-0.3, -0.25) is 18.7 Å². The Morgan fingerprint density at radius 2 is 1.73 bits per heavy atom. The number of allylic oxidation sites excluding steroid dienone is 1. The van der Waals surface area contributed by atoms with Gasteiger partial charge in [-0.1, -0.05) is 29.8 Å². The van der Waals surface area contributed by atoms with Crippen LogP contribution in [0.4, 0.5) is 0 Å². The Labute approximate surface area is 130 Å². The molecule has 0 bridgehead atoms. The molecule has 0 aliphatic carbocycles. The van der Waals surface area contributed by atoms with Crippen molar-refractivity contribution in [3.63, 3.8) is 0 Å². The van der Waals surface area contributed by atoms with Gasteiger partial charge in [0, 0.05) is 19.1 Å². The lowest BCUT2D eigenvalue weighted by atomic mass is 10.1. The summed E-state index contributed by atoms with van der Waals surface area (Å²) < 4.78 is 1.61. The van der Waals surface area contributed by atoms with E-state index in [2.05, 4.69) is 0 Å². The van der Waals surface area contributed by atoms with Gasteiger partial charge in [0.1, 0.15) is 5.56 Å². The molecule has 7 heteroatoms. The number of carbonyl (C=O) groups excluding carboxylic acids is 1. The Bertz CT molecular complexity index is 876. The van der Waals surface area contributed by atoms with Crippen LogP contribution in [-0.4, -0.2) is 20.0 Å². The summed E-state index contributed by atoms with van der Waals surface area (Å²) in [6, 6.07) is 6.72. The van der Waals surface area contributed by atoms with Crippen LogP contribution >= 0.6 is 11.6 Å². The van der Waals surface area contributed by atoms with Crippen molar-refractivity contribution in [3.05, 3.63) is 67.3 Å². The number of benzene rings is 1. The molecule has 0 saturated carbocycles. The lowest BCUT2D eigenvalue weighted by Crippen LogP contribution is -2.39. The molecule has 114 valence electrons. The molecule has 0 saturated heterocycles. The molecule has 0 fully saturated rings. The molecule has 1 aromatic heterocycles. The van der Waals surface area contributed by atoms with Crippen LogP contribution in [0.25, 0.3) is 6.08 Å². The highest BCUT2D eigenvalue weighted by atomic mass is 35.5. The van der Waals surface area contributed by atoms with Crippen LogP contribution < -0.4 is 11.2 Å². The maximum atomic E-state index is 12.1. The lowest BCUT2D eigenvalue weighted by molar-refractivity contribution is 0.104. The van der Waals surface area contributed by atoms with Crippen LogP contribution in [0.1, 0.15) is 15.9 Å². The normalized spacial score (nSPS) is 11.0. The summed E-state index contributed by atoms with van der Waals surface area (Å²) in [6.07, 6.45) is 2.65. The first-order valence-electron chi connectivity index (χ1n) is 6.30. The summed E-state index contributed by atoms with van der Waals surface area (Å²) >= 11 is 5.76. The summed E-state index contributed by atoms with van der Waals surface area (Å²) in [4.78, 5) is 35.7. The second kappa shape index (κ2) is 6.03. The first-order chi connectivity index (χ1) is 10.3. The van der Waals surface area contributed by atoms with Crippen LogP contribution in [0.15, 0.2) is 39.9 Å². The third kappa shape index (κ3) is 2.87. The zero-order valence-electron chi connectivity index (χ0n) is 11.9. The number of ketones is 1. The number of carbonyl (C=O) groups is 1. The highest BCUT2D eigenvalue weighted by molar-refractivity contribution is 6.30. The van der Waals surface area contributed by atoms with Crippen LogP contribution in [0.2, 0.25) is 5.02 Å². The molecular weight excluding hydrogens is 308 g/mol. The van der Waals surface area contributed by atoms with Gasteiger partial charge in [-0.05, 0) is 23.8 Å². The van der Waals surface area contributed by atoms with Crippen molar-refractivity contribution in [2.45, 2.75) is 0 Å². The molecule has 0 aliphatic rings. The molecule has 0 spiro atoms. The molecule has 6 nitrogen and oxygen atoms in total. The average molecular weight is 321 g/mol. The number of aromatic hydroxyl groups is 1. The average Bonchev–Trinajstić information content (AvgIpc) is 2.50. The maximum absolute atomic E-state index is 12.1. The van der Waals surface area contributed by atoms with E-state index in [4.69, 9.17) is 11.6 Å². The van der Waals surface area contributed by atoms with Gasteiger partial charge >= 0.3 is 5.69 Å².